The van der Waals surface area contributed by atoms with Gasteiger partial charge in [0.05, 0.1) is 11.8 Å². The van der Waals surface area contributed by atoms with Gasteiger partial charge in [-0.05, 0) is 37.8 Å². The summed E-state index contributed by atoms with van der Waals surface area (Å²) in [4.78, 5) is 4.35. The molecule has 2 aromatic rings. The molecule has 19 heavy (non-hydrogen) atoms. The number of para-hydroxylation sites is 1. The molecular weight excluding hydrogens is 242 g/mol. The Labute approximate surface area is 112 Å². The first-order valence-electron chi connectivity index (χ1n) is 6.83. The molecule has 2 heterocycles. The van der Waals surface area contributed by atoms with E-state index in [4.69, 9.17) is 14.9 Å². The van der Waals surface area contributed by atoms with E-state index in [9.17, 15) is 0 Å². The Morgan fingerprint density at radius 1 is 1.37 bits per heavy atom. The zero-order chi connectivity index (χ0) is 13.1. The number of nitrogens with zero attached hydrogens (tertiary/aromatic N) is 1. The molecule has 1 aromatic heterocycles. The number of benzene rings is 1. The van der Waals surface area contributed by atoms with Crippen molar-refractivity contribution in [3.8, 4) is 0 Å². The zero-order valence-corrected chi connectivity index (χ0v) is 10.9. The van der Waals surface area contributed by atoms with Crippen molar-refractivity contribution >= 4 is 22.8 Å². The summed E-state index contributed by atoms with van der Waals surface area (Å²) < 4.78 is 11.3. The summed E-state index contributed by atoms with van der Waals surface area (Å²) in [5, 5.41) is 3.20. The minimum atomic E-state index is 0.371. The number of ether oxygens (including phenoxy) is 1. The van der Waals surface area contributed by atoms with Crippen LogP contribution >= 0.6 is 0 Å². The molecule has 5 nitrogen and oxygen atoms in total. The summed E-state index contributed by atoms with van der Waals surface area (Å²) in [7, 11) is 0. The number of aromatic nitrogens is 1. The van der Waals surface area contributed by atoms with Crippen molar-refractivity contribution in [1.29, 1.82) is 0 Å². The molecule has 3 rings (SSSR count). The van der Waals surface area contributed by atoms with Crippen LogP contribution in [0.25, 0.3) is 11.1 Å². The van der Waals surface area contributed by atoms with Crippen LogP contribution in [0.2, 0.25) is 0 Å². The Morgan fingerprint density at radius 2 is 2.32 bits per heavy atom. The lowest BCUT2D eigenvalue weighted by molar-refractivity contribution is 0.0134. The highest BCUT2D eigenvalue weighted by atomic mass is 16.5. The summed E-state index contributed by atoms with van der Waals surface area (Å²) in [6.45, 7) is 1.70. The molecule has 0 aliphatic carbocycles. The maximum atomic E-state index is 5.84. The van der Waals surface area contributed by atoms with E-state index in [1.54, 1.807) is 0 Å². The van der Waals surface area contributed by atoms with E-state index in [0.717, 1.165) is 37.1 Å². The highest BCUT2D eigenvalue weighted by Crippen LogP contribution is 2.23. The normalized spacial score (nSPS) is 19.7. The molecule has 0 bridgehead atoms. The molecule has 1 aromatic carbocycles. The average molecular weight is 261 g/mol. The van der Waals surface area contributed by atoms with Crippen LogP contribution in [0.15, 0.2) is 22.6 Å². The van der Waals surface area contributed by atoms with Crippen LogP contribution in [0, 0.1) is 0 Å². The number of oxazole rings is 1. The Morgan fingerprint density at radius 3 is 3.11 bits per heavy atom. The standard InChI is InChI=1S/C14H19N3O2/c15-11-5-3-6-12-13(11)17-14(19-12)16-8-7-10-4-1-2-9-18-10/h3,5-6,10H,1-2,4,7-9,15H2,(H,16,17). The van der Waals surface area contributed by atoms with Gasteiger partial charge in [-0.2, -0.15) is 4.98 Å². The van der Waals surface area contributed by atoms with Gasteiger partial charge in [0.15, 0.2) is 5.58 Å². The van der Waals surface area contributed by atoms with Gasteiger partial charge in [-0.25, -0.2) is 0 Å². The fourth-order valence-corrected chi connectivity index (χ4v) is 2.42. The molecule has 1 aliphatic rings. The highest BCUT2D eigenvalue weighted by molar-refractivity contribution is 5.86. The fourth-order valence-electron chi connectivity index (χ4n) is 2.42. The van der Waals surface area contributed by atoms with Gasteiger partial charge in [-0.1, -0.05) is 6.07 Å². The molecule has 0 radical (unpaired) electrons. The maximum Gasteiger partial charge on any atom is 0.295 e. The first kappa shape index (κ1) is 12.3. The third-order valence-electron chi connectivity index (χ3n) is 3.47. The van der Waals surface area contributed by atoms with Crippen molar-refractivity contribution in [2.45, 2.75) is 31.8 Å². The van der Waals surface area contributed by atoms with Gasteiger partial charge in [0.1, 0.15) is 5.52 Å². The predicted molar refractivity (Wildman–Crippen MR) is 75.1 cm³/mol. The molecule has 1 aliphatic heterocycles. The topological polar surface area (TPSA) is 73.3 Å². The fraction of sp³-hybridized carbons (Fsp3) is 0.500. The number of nitrogens with two attached hydrogens (primary N) is 1. The smallest absolute Gasteiger partial charge is 0.295 e. The molecular formula is C14H19N3O2. The summed E-state index contributed by atoms with van der Waals surface area (Å²) in [6.07, 6.45) is 4.96. The average Bonchev–Trinajstić information content (AvgIpc) is 2.84. The Bertz CT molecular complexity index is 547. The molecule has 1 fully saturated rings. The van der Waals surface area contributed by atoms with Gasteiger partial charge >= 0.3 is 0 Å². The van der Waals surface area contributed by atoms with Crippen molar-refractivity contribution in [3.63, 3.8) is 0 Å². The van der Waals surface area contributed by atoms with Crippen molar-refractivity contribution in [2.24, 2.45) is 0 Å². The molecule has 102 valence electrons. The number of nitrogens with one attached hydrogen (secondary N) is 1. The first-order chi connectivity index (χ1) is 9.33. The third kappa shape index (κ3) is 2.81. The lowest BCUT2D eigenvalue weighted by Gasteiger charge is -2.22. The second-order valence-electron chi connectivity index (χ2n) is 4.92. The largest absolute Gasteiger partial charge is 0.423 e. The third-order valence-corrected chi connectivity index (χ3v) is 3.47. The molecule has 1 atom stereocenters. The molecule has 1 saturated heterocycles. The number of rotatable bonds is 4. The van der Waals surface area contributed by atoms with Crippen LogP contribution in [0.3, 0.4) is 0 Å². The minimum Gasteiger partial charge on any atom is -0.423 e. The van der Waals surface area contributed by atoms with Gasteiger partial charge in [-0.15, -0.1) is 0 Å². The highest BCUT2D eigenvalue weighted by Gasteiger charge is 2.14. The van der Waals surface area contributed by atoms with Crippen LogP contribution < -0.4 is 11.1 Å². The van der Waals surface area contributed by atoms with Gasteiger partial charge in [0.2, 0.25) is 0 Å². The van der Waals surface area contributed by atoms with Gasteiger partial charge in [0, 0.05) is 13.2 Å². The second-order valence-corrected chi connectivity index (χ2v) is 4.92. The van der Waals surface area contributed by atoms with Crippen LogP contribution in [0.5, 0.6) is 0 Å². The molecule has 1 unspecified atom stereocenters. The second kappa shape index (κ2) is 5.48. The Balaban J connectivity index is 1.57. The lowest BCUT2D eigenvalue weighted by Crippen LogP contribution is -2.22. The lowest BCUT2D eigenvalue weighted by atomic mass is 10.1. The van der Waals surface area contributed by atoms with E-state index in [-0.39, 0.29) is 0 Å². The van der Waals surface area contributed by atoms with E-state index in [0.29, 0.717) is 17.8 Å². The van der Waals surface area contributed by atoms with E-state index < -0.39 is 0 Å². The Hall–Kier alpha value is -1.75. The monoisotopic (exact) mass is 261 g/mol. The van der Waals surface area contributed by atoms with Crippen LogP contribution in [0.1, 0.15) is 25.7 Å². The molecule has 0 amide bonds. The SMILES string of the molecule is Nc1cccc2oc(NCCC3CCCCO3)nc12. The number of fused-ring (bicyclic) bond motifs is 1. The predicted octanol–water partition coefficient (Wildman–Crippen LogP) is 2.78. The molecule has 3 N–H and O–H groups in total. The number of anilines is 2. The van der Waals surface area contributed by atoms with Crippen molar-refractivity contribution in [3.05, 3.63) is 18.2 Å². The van der Waals surface area contributed by atoms with Crippen LogP contribution in [-0.2, 0) is 4.74 Å². The van der Waals surface area contributed by atoms with E-state index in [1.165, 1.54) is 12.8 Å². The summed E-state index contributed by atoms with van der Waals surface area (Å²) >= 11 is 0. The van der Waals surface area contributed by atoms with E-state index in [2.05, 4.69) is 10.3 Å². The molecule has 0 saturated carbocycles. The first-order valence-corrected chi connectivity index (χ1v) is 6.83. The molecule has 5 heteroatoms. The Kier molecular flexibility index (Phi) is 3.55. The van der Waals surface area contributed by atoms with Crippen molar-refractivity contribution < 1.29 is 9.15 Å². The minimum absolute atomic E-state index is 0.371. The summed E-state index contributed by atoms with van der Waals surface area (Å²) in [5.74, 6) is 0. The maximum absolute atomic E-state index is 5.84. The van der Waals surface area contributed by atoms with Gasteiger partial charge in [-0.3, -0.25) is 0 Å². The number of nitrogen functional groups attached to an aromatic ring is 1. The van der Waals surface area contributed by atoms with Crippen molar-refractivity contribution in [2.75, 3.05) is 24.2 Å². The molecule has 0 spiro atoms. The van der Waals surface area contributed by atoms with Gasteiger partial charge < -0.3 is 20.2 Å². The zero-order valence-electron chi connectivity index (χ0n) is 10.9. The number of hydrogen-bond acceptors (Lipinski definition) is 5. The van der Waals surface area contributed by atoms with Crippen molar-refractivity contribution in [1.82, 2.24) is 4.98 Å². The van der Waals surface area contributed by atoms with E-state index >= 15 is 0 Å². The van der Waals surface area contributed by atoms with Crippen LogP contribution in [0.4, 0.5) is 11.7 Å². The number of hydrogen-bond donors (Lipinski definition) is 2. The summed E-state index contributed by atoms with van der Waals surface area (Å²) in [5.41, 5.74) is 7.93. The summed E-state index contributed by atoms with van der Waals surface area (Å²) in [6, 6.07) is 6.09. The van der Waals surface area contributed by atoms with Gasteiger partial charge in [0.25, 0.3) is 6.01 Å². The van der Waals surface area contributed by atoms with Crippen LogP contribution in [-0.4, -0.2) is 24.2 Å². The van der Waals surface area contributed by atoms with E-state index in [1.807, 2.05) is 18.2 Å². The quantitative estimate of drug-likeness (QED) is 0.828.